The first-order valence-electron chi connectivity index (χ1n) is 6.75. The summed E-state index contributed by atoms with van der Waals surface area (Å²) in [6, 6.07) is 7.54. The maximum Gasteiger partial charge on any atom is 0.230 e. The van der Waals surface area contributed by atoms with Gasteiger partial charge in [0.1, 0.15) is 11.4 Å². The summed E-state index contributed by atoms with van der Waals surface area (Å²) in [5.74, 6) is 0.718. The van der Waals surface area contributed by atoms with Crippen molar-refractivity contribution in [1.82, 2.24) is 0 Å². The summed E-state index contributed by atoms with van der Waals surface area (Å²) in [5, 5.41) is 2.96. The van der Waals surface area contributed by atoms with Crippen LogP contribution in [0.5, 0.6) is 5.75 Å². The van der Waals surface area contributed by atoms with Crippen LogP contribution in [0.4, 0.5) is 5.69 Å². The number of carbonyl (C=O) groups is 1. The van der Waals surface area contributed by atoms with Gasteiger partial charge in [-0.05, 0) is 39.3 Å². The first-order valence-corrected chi connectivity index (χ1v) is 6.75. The molecule has 106 valence electrons. The van der Waals surface area contributed by atoms with E-state index in [4.69, 9.17) is 4.74 Å². The molecule has 0 spiro atoms. The van der Waals surface area contributed by atoms with Gasteiger partial charge in [0.25, 0.3) is 0 Å². The van der Waals surface area contributed by atoms with E-state index in [2.05, 4.69) is 5.32 Å². The van der Waals surface area contributed by atoms with E-state index in [-0.39, 0.29) is 16.9 Å². The third kappa shape index (κ3) is 4.58. The first-order chi connectivity index (χ1) is 8.65. The third-order valence-electron chi connectivity index (χ3n) is 3.05. The average molecular weight is 263 g/mol. The first kappa shape index (κ1) is 15.5. The fourth-order valence-corrected chi connectivity index (χ4v) is 1.44. The number of nitrogens with one attached hydrogen (secondary N) is 1. The quantitative estimate of drug-likeness (QED) is 0.882. The number of benzene rings is 1. The SMILES string of the molecule is CCC(C)(C)C(=O)Nc1ccccc1OC(C)(C)C. The summed E-state index contributed by atoms with van der Waals surface area (Å²) in [6.07, 6.45) is 0.793. The van der Waals surface area contributed by atoms with Crippen LogP contribution in [0.15, 0.2) is 24.3 Å². The Morgan fingerprint density at radius 1 is 1.16 bits per heavy atom. The van der Waals surface area contributed by atoms with Gasteiger partial charge in [-0.1, -0.05) is 32.9 Å². The molecule has 0 fully saturated rings. The molecule has 3 nitrogen and oxygen atoms in total. The number of amides is 1. The van der Waals surface area contributed by atoms with E-state index < -0.39 is 0 Å². The lowest BCUT2D eigenvalue weighted by atomic mass is 9.89. The Morgan fingerprint density at radius 3 is 2.26 bits per heavy atom. The highest BCUT2D eigenvalue weighted by Gasteiger charge is 2.26. The van der Waals surface area contributed by atoms with Gasteiger partial charge in [-0.15, -0.1) is 0 Å². The summed E-state index contributed by atoms with van der Waals surface area (Å²) in [6.45, 7) is 11.9. The molecule has 1 rings (SSSR count). The van der Waals surface area contributed by atoms with E-state index in [1.807, 2.05) is 65.8 Å². The van der Waals surface area contributed by atoms with Crippen LogP contribution in [-0.4, -0.2) is 11.5 Å². The summed E-state index contributed by atoms with van der Waals surface area (Å²) in [5.41, 5.74) is 0.0552. The molecule has 0 unspecified atom stereocenters. The molecule has 0 saturated carbocycles. The van der Waals surface area contributed by atoms with Crippen LogP contribution in [0.25, 0.3) is 0 Å². The van der Waals surface area contributed by atoms with Crippen molar-refractivity contribution in [3.05, 3.63) is 24.3 Å². The standard InChI is InChI=1S/C16H25NO2/c1-7-16(5,6)14(18)17-12-10-8-9-11-13(12)19-15(2,3)4/h8-11H,7H2,1-6H3,(H,17,18). The van der Waals surface area contributed by atoms with Crippen molar-refractivity contribution in [3.63, 3.8) is 0 Å². The molecule has 0 aliphatic heterocycles. The molecule has 0 bridgehead atoms. The van der Waals surface area contributed by atoms with Gasteiger partial charge in [0, 0.05) is 5.41 Å². The zero-order chi connectivity index (χ0) is 14.7. The number of rotatable bonds is 4. The van der Waals surface area contributed by atoms with E-state index in [0.29, 0.717) is 5.75 Å². The van der Waals surface area contributed by atoms with Crippen molar-refractivity contribution >= 4 is 11.6 Å². The minimum absolute atomic E-state index is 0.0139. The lowest BCUT2D eigenvalue weighted by molar-refractivity contribution is -0.124. The van der Waals surface area contributed by atoms with Crippen LogP contribution >= 0.6 is 0 Å². The predicted molar refractivity (Wildman–Crippen MR) is 79.5 cm³/mol. The number of anilines is 1. The minimum atomic E-state index is -0.380. The predicted octanol–water partition coefficient (Wildman–Crippen LogP) is 4.24. The molecule has 3 heteroatoms. The Hall–Kier alpha value is -1.51. The maximum atomic E-state index is 12.2. The Kier molecular flexibility index (Phi) is 4.61. The molecule has 1 amide bonds. The largest absolute Gasteiger partial charge is 0.486 e. The van der Waals surface area contributed by atoms with Gasteiger partial charge in [-0.2, -0.15) is 0 Å². The van der Waals surface area contributed by atoms with Crippen LogP contribution in [0.2, 0.25) is 0 Å². The second-order valence-corrected chi connectivity index (χ2v) is 6.40. The molecule has 0 saturated heterocycles. The normalized spacial score (nSPS) is 12.1. The molecule has 0 heterocycles. The second kappa shape index (κ2) is 5.64. The van der Waals surface area contributed by atoms with Gasteiger partial charge >= 0.3 is 0 Å². The molecule has 0 atom stereocenters. The molecular weight excluding hydrogens is 238 g/mol. The highest BCUT2D eigenvalue weighted by Crippen LogP contribution is 2.30. The topological polar surface area (TPSA) is 38.3 Å². The van der Waals surface area contributed by atoms with E-state index >= 15 is 0 Å². The zero-order valence-electron chi connectivity index (χ0n) is 12.8. The minimum Gasteiger partial charge on any atom is -0.486 e. The van der Waals surface area contributed by atoms with Crippen LogP contribution in [0.1, 0.15) is 48.0 Å². The van der Waals surface area contributed by atoms with Crippen LogP contribution in [0, 0.1) is 5.41 Å². The van der Waals surface area contributed by atoms with Crippen LogP contribution in [0.3, 0.4) is 0 Å². The Balaban J connectivity index is 2.93. The molecular formula is C16H25NO2. The summed E-state index contributed by atoms with van der Waals surface area (Å²) in [4.78, 5) is 12.2. The van der Waals surface area contributed by atoms with Crippen molar-refractivity contribution in [2.75, 3.05) is 5.32 Å². The lowest BCUT2D eigenvalue weighted by Crippen LogP contribution is -2.30. The van der Waals surface area contributed by atoms with Gasteiger partial charge in [0.05, 0.1) is 5.69 Å². The molecule has 19 heavy (non-hydrogen) atoms. The molecule has 0 aliphatic rings. The van der Waals surface area contributed by atoms with E-state index in [0.717, 1.165) is 12.1 Å². The van der Waals surface area contributed by atoms with Crippen LogP contribution in [-0.2, 0) is 4.79 Å². The Bertz CT molecular complexity index is 444. The van der Waals surface area contributed by atoms with E-state index in [1.54, 1.807) is 0 Å². The number of hydrogen-bond donors (Lipinski definition) is 1. The summed E-state index contributed by atoms with van der Waals surface area (Å²) < 4.78 is 5.87. The number of carbonyl (C=O) groups excluding carboxylic acids is 1. The van der Waals surface area contributed by atoms with E-state index in [1.165, 1.54) is 0 Å². The van der Waals surface area contributed by atoms with E-state index in [9.17, 15) is 4.79 Å². The highest BCUT2D eigenvalue weighted by atomic mass is 16.5. The number of hydrogen-bond acceptors (Lipinski definition) is 2. The maximum absolute atomic E-state index is 12.2. The summed E-state index contributed by atoms with van der Waals surface area (Å²) >= 11 is 0. The van der Waals surface area contributed by atoms with Gasteiger partial charge in [-0.3, -0.25) is 4.79 Å². The molecule has 0 aromatic heterocycles. The summed E-state index contributed by atoms with van der Waals surface area (Å²) in [7, 11) is 0. The van der Waals surface area contributed by atoms with Crippen molar-refractivity contribution in [2.45, 2.75) is 53.6 Å². The monoisotopic (exact) mass is 263 g/mol. The Labute approximate surface area is 116 Å². The van der Waals surface area contributed by atoms with Gasteiger partial charge in [-0.25, -0.2) is 0 Å². The van der Waals surface area contributed by atoms with Gasteiger partial charge < -0.3 is 10.1 Å². The van der Waals surface area contributed by atoms with Crippen molar-refractivity contribution in [1.29, 1.82) is 0 Å². The highest BCUT2D eigenvalue weighted by molar-refractivity contribution is 5.96. The van der Waals surface area contributed by atoms with Crippen LogP contribution < -0.4 is 10.1 Å². The molecule has 0 radical (unpaired) electrons. The second-order valence-electron chi connectivity index (χ2n) is 6.40. The fourth-order valence-electron chi connectivity index (χ4n) is 1.44. The third-order valence-corrected chi connectivity index (χ3v) is 3.05. The fraction of sp³-hybridized carbons (Fsp3) is 0.562. The molecule has 1 N–H and O–H groups in total. The smallest absolute Gasteiger partial charge is 0.230 e. The van der Waals surface area contributed by atoms with Gasteiger partial charge in [0.2, 0.25) is 5.91 Å². The average Bonchev–Trinajstić information content (AvgIpc) is 2.29. The number of para-hydroxylation sites is 2. The molecule has 0 aliphatic carbocycles. The molecule has 1 aromatic rings. The molecule has 1 aromatic carbocycles. The van der Waals surface area contributed by atoms with Gasteiger partial charge in [0.15, 0.2) is 0 Å². The van der Waals surface area contributed by atoms with Crippen molar-refractivity contribution in [2.24, 2.45) is 5.41 Å². The van der Waals surface area contributed by atoms with Crippen molar-refractivity contribution < 1.29 is 9.53 Å². The van der Waals surface area contributed by atoms with Crippen molar-refractivity contribution in [3.8, 4) is 5.75 Å². The zero-order valence-corrected chi connectivity index (χ0v) is 12.8. The number of ether oxygens (including phenoxy) is 1. The Morgan fingerprint density at radius 2 is 1.74 bits per heavy atom. The lowest BCUT2D eigenvalue weighted by Gasteiger charge is -2.25.